The zero-order valence-electron chi connectivity index (χ0n) is 16.3. The van der Waals surface area contributed by atoms with Crippen LogP contribution in [-0.2, 0) is 42.9 Å². The van der Waals surface area contributed by atoms with Crippen LogP contribution in [0.1, 0.15) is 20.8 Å². The van der Waals surface area contributed by atoms with Gasteiger partial charge in [-0.1, -0.05) is 5.11 Å². The number of ether oxygens (including phenoxy) is 5. The SMILES string of the molecule is COC(=O)C1=CC(N=[N+]=[N-])C(N)C(C(OC(C)=O)C(COC(C)=O)OC(C)=O)O1. The molecule has 0 saturated heterocycles. The second-order valence-electron chi connectivity index (χ2n) is 5.90. The van der Waals surface area contributed by atoms with Crippen molar-refractivity contribution in [3.05, 3.63) is 22.3 Å². The molecule has 0 radical (unpaired) electrons. The molecule has 2 N–H and O–H groups in total. The number of hydrogen-bond acceptors (Lipinski definition) is 11. The van der Waals surface area contributed by atoms with Crippen LogP contribution >= 0.6 is 0 Å². The molecule has 0 bridgehead atoms. The van der Waals surface area contributed by atoms with E-state index in [1.54, 1.807) is 0 Å². The Morgan fingerprint density at radius 1 is 1.21 bits per heavy atom. The van der Waals surface area contributed by atoms with Gasteiger partial charge < -0.3 is 29.4 Å². The minimum atomic E-state index is -1.41. The number of esters is 4. The van der Waals surface area contributed by atoms with Gasteiger partial charge in [0.15, 0.2) is 18.3 Å². The molecule has 0 fully saturated rings. The van der Waals surface area contributed by atoms with Crippen LogP contribution in [0.2, 0.25) is 0 Å². The number of hydrogen-bond donors (Lipinski definition) is 1. The molecule has 29 heavy (non-hydrogen) atoms. The second kappa shape index (κ2) is 10.9. The summed E-state index contributed by atoms with van der Waals surface area (Å²) in [6.45, 7) is 2.82. The minimum absolute atomic E-state index is 0.345. The molecule has 13 heteroatoms. The number of rotatable bonds is 8. The zero-order valence-corrected chi connectivity index (χ0v) is 16.3. The van der Waals surface area contributed by atoms with Gasteiger partial charge in [-0.3, -0.25) is 14.4 Å². The maximum atomic E-state index is 11.9. The van der Waals surface area contributed by atoms with Gasteiger partial charge >= 0.3 is 23.9 Å². The molecular weight excluding hydrogens is 392 g/mol. The Bertz CT molecular complexity index is 732. The summed E-state index contributed by atoms with van der Waals surface area (Å²) in [5.41, 5.74) is 14.9. The van der Waals surface area contributed by atoms with Crippen LogP contribution < -0.4 is 5.73 Å². The number of nitrogens with zero attached hydrogens (tertiary/aromatic N) is 3. The Kier molecular flexibility index (Phi) is 8.90. The topological polar surface area (TPSA) is 189 Å². The largest absolute Gasteiger partial charge is 0.478 e. The van der Waals surface area contributed by atoms with E-state index >= 15 is 0 Å². The lowest BCUT2D eigenvalue weighted by Gasteiger charge is -2.39. The molecule has 5 atom stereocenters. The van der Waals surface area contributed by atoms with Crippen LogP contribution in [0.15, 0.2) is 16.9 Å². The molecular formula is C16H22N4O9. The van der Waals surface area contributed by atoms with E-state index in [1.165, 1.54) is 0 Å². The van der Waals surface area contributed by atoms with Crippen LogP contribution in [0.3, 0.4) is 0 Å². The fraction of sp³-hybridized carbons (Fsp3) is 0.625. The van der Waals surface area contributed by atoms with E-state index in [9.17, 15) is 19.2 Å². The summed E-state index contributed by atoms with van der Waals surface area (Å²) in [7, 11) is 1.10. The minimum Gasteiger partial charge on any atom is -0.478 e. The average Bonchev–Trinajstić information content (AvgIpc) is 2.64. The van der Waals surface area contributed by atoms with Crippen LogP contribution in [0.25, 0.3) is 10.4 Å². The summed E-state index contributed by atoms with van der Waals surface area (Å²) >= 11 is 0. The average molecular weight is 414 g/mol. The first-order valence-corrected chi connectivity index (χ1v) is 8.35. The summed E-state index contributed by atoms with van der Waals surface area (Å²) < 4.78 is 25.3. The fourth-order valence-corrected chi connectivity index (χ4v) is 2.55. The van der Waals surface area contributed by atoms with Crippen molar-refractivity contribution in [3.63, 3.8) is 0 Å². The van der Waals surface area contributed by atoms with Crippen molar-refractivity contribution >= 4 is 23.9 Å². The van der Waals surface area contributed by atoms with E-state index in [-0.39, 0.29) is 5.76 Å². The van der Waals surface area contributed by atoms with E-state index in [0.717, 1.165) is 34.0 Å². The Balaban J connectivity index is 3.36. The van der Waals surface area contributed by atoms with Crippen molar-refractivity contribution in [2.45, 2.75) is 51.2 Å². The molecule has 0 aromatic rings. The standard InChI is InChI=1S/C16H22N4O9/c1-7(21)26-6-12(27-8(2)22)14(28-9(3)23)15-13(17)10(19-20-18)5-11(29-15)16(24)25-4/h5,10,12-15H,6,17H2,1-4H3. The van der Waals surface area contributed by atoms with Crippen LogP contribution in [0, 0.1) is 0 Å². The molecule has 0 amide bonds. The smallest absolute Gasteiger partial charge is 0.372 e. The molecule has 0 spiro atoms. The van der Waals surface area contributed by atoms with Crippen molar-refractivity contribution < 1.29 is 42.9 Å². The highest BCUT2D eigenvalue weighted by molar-refractivity contribution is 5.86. The van der Waals surface area contributed by atoms with Gasteiger partial charge in [0.1, 0.15) is 6.61 Å². The lowest BCUT2D eigenvalue weighted by molar-refractivity contribution is -0.187. The Hall–Kier alpha value is -3.31. The van der Waals surface area contributed by atoms with Gasteiger partial charge in [0.05, 0.1) is 19.2 Å². The van der Waals surface area contributed by atoms with Gasteiger partial charge in [-0.15, -0.1) is 0 Å². The predicted octanol–water partition coefficient (Wildman–Crippen LogP) is -0.125. The number of carbonyl (C=O) groups is 4. The molecule has 1 aliphatic heterocycles. The number of methoxy groups -OCH3 is 1. The number of nitrogens with two attached hydrogens (primary N) is 1. The molecule has 0 aliphatic carbocycles. The van der Waals surface area contributed by atoms with Crippen molar-refractivity contribution in [3.8, 4) is 0 Å². The van der Waals surface area contributed by atoms with Crippen molar-refractivity contribution in [2.24, 2.45) is 10.8 Å². The van der Waals surface area contributed by atoms with Gasteiger partial charge in [-0.05, 0) is 11.6 Å². The van der Waals surface area contributed by atoms with Gasteiger partial charge in [0.25, 0.3) is 0 Å². The molecule has 0 aromatic carbocycles. The van der Waals surface area contributed by atoms with Crippen molar-refractivity contribution in [1.82, 2.24) is 0 Å². The third-order valence-corrected chi connectivity index (χ3v) is 3.69. The monoisotopic (exact) mass is 414 g/mol. The van der Waals surface area contributed by atoms with Gasteiger partial charge in [0, 0.05) is 25.7 Å². The highest BCUT2D eigenvalue weighted by Crippen LogP contribution is 2.27. The van der Waals surface area contributed by atoms with E-state index < -0.39 is 60.9 Å². The van der Waals surface area contributed by atoms with Crippen molar-refractivity contribution in [2.75, 3.05) is 13.7 Å². The van der Waals surface area contributed by atoms with Crippen molar-refractivity contribution in [1.29, 1.82) is 0 Å². The maximum Gasteiger partial charge on any atom is 0.372 e. The summed E-state index contributed by atoms with van der Waals surface area (Å²) in [5.74, 6) is -3.48. The summed E-state index contributed by atoms with van der Waals surface area (Å²) in [5, 5.41) is 3.50. The highest BCUT2D eigenvalue weighted by Gasteiger charge is 2.45. The molecule has 1 aliphatic rings. The van der Waals surface area contributed by atoms with Crippen LogP contribution in [0.5, 0.6) is 0 Å². The Morgan fingerprint density at radius 3 is 2.31 bits per heavy atom. The molecule has 1 heterocycles. The summed E-state index contributed by atoms with van der Waals surface area (Å²) in [6, 6.07) is -2.18. The molecule has 0 saturated carbocycles. The highest BCUT2D eigenvalue weighted by atomic mass is 16.6. The first-order chi connectivity index (χ1) is 13.6. The summed E-state index contributed by atoms with van der Waals surface area (Å²) in [4.78, 5) is 48.9. The fourth-order valence-electron chi connectivity index (χ4n) is 2.55. The van der Waals surface area contributed by atoms with Gasteiger partial charge in [-0.25, -0.2) is 4.79 Å². The normalized spacial score (nSPS) is 22.5. The lowest BCUT2D eigenvalue weighted by atomic mass is 9.93. The third kappa shape index (κ3) is 6.97. The molecule has 1 rings (SSSR count). The molecule has 0 aromatic heterocycles. The second-order valence-corrected chi connectivity index (χ2v) is 5.90. The predicted molar refractivity (Wildman–Crippen MR) is 93.6 cm³/mol. The number of carbonyl (C=O) groups excluding carboxylic acids is 4. The van der Waals surface area contributed by atoms with E-state index in [4.69, 9.17) is 30.2 Å². The summed E-state index contributed by atoms with van der Waals surface area (Å²) in [6.07, 6.45) is -2.88. The van der Waals surface area contributed by atoms with Gasteiger partial charge in [-0.2, -0.15) is 0 Å². The van der Waals surface area contributed by atoms with Crippen LogP contribution in [-0.4, -0.2) is 68.0 Å². The van der Waals surface area contributed by atoms with E-state index in [1.807, 2.05) is 0 Å². The molecule has 5 unspecified atom stereocenters. The lowest BCUT2D eigenvalue weighted by Crippen LogP contribution is -2.58. The Morgan fingerprint density at radius 2 is 1.83 bits per heavy atom. The Labute approximate surface area is 165 Å². The molecule has 13 nitrogen and oxygen atoms in total. The maximum absolute atomic E-state index is 11.9. The first kappa shape index (κ1) is 23.7. The van der Waals surface area contributed by atoms with E-state index in [0.29, 0.717) is 0 Å². The number of azide groups is 1. The zero-order chi connectivity index (χ0) is 22.1. The third-order valence-electron chi connectivity index (χ3n) is 3.69. The van der Waals surface area contributed by atoms with Crippen LogP contribution in [0.4, 0.5) is 0 Å². The van der Waals surface area contributed by atoms with E-state index in [2.05, 4.69) is 14.8 Å². The quantitative estimate of drug-likeness (QED) is 0.184. The molecule has 160 valence electrons. The van der Waals surface area contributed by atoms with Gasteiger partial charge in [0.2, 0.25) is 5.76 Å². The first-order valence-electron chi connectivity index (χ1n) is 8.35.